The van der Waals surface area contributed by atoms with Crippen molar-refractivity contribution in [1.29, 1.82) is 0 Å². The van der Waals surface area contributed by atoms with E-state index in [9.17, 15) is 17.6 Å². The van der Waals surface area contributed by atoms with Gasteiger partial charge in [0.2, 0.25) is 0 Å². The zero-order valence-electron chi connectivity index (χ0n) is 11.2. The van der Waals surface area contributed by atoms with Crippen LogP contribution in [0, 0.1) is 5.82 Å². The number of thiocarbonyl (C=S) groups is 1. The Morgan fingerprint density at radius 3 is 2.40 bits per heavy atom. The van der Waals surface area contributed by atoms with Gasteiger partial charge in [0.15, 0.2) is 0 Å². The highest BCUT2D eigenvalue weighted by atomic mass is 32.1. The van der Waals surface area contributed by atoms with Crippen molar-refractivity contribution in [2.75, 3.05) is 6.54 Å². The van der Waals surface area contributed by atoms with E-state index < -0.39 is 18.5 Å². The molecule has 0 aliphatic carbocycles. The van der Waals surface area contributed by atoms with Crippen LogP contribution in [0.2, 0.25) is 0 Å². The zero-order valence-corrected chi connectivity index (χ0v) is 12.0. The Kier molecular flexibility index (Phi) is 5.47. The highest BCUT2D eigenvalue weighted by Crippen LogP contribution is 2.21. The van der Waals surface area contributed by atoms with E-state index in [4.69, 9.17) is 18.0 Å². The van der Waals surface area contributed by atoms with Crippen molar-refractivity contribution in [3.63, 3.8) is 0 Å². The smallest absolute Gasteiger partial charge is 0.389 e. The summed E-state index contributed by atoms with van der Waals surface area (Å²) < 4.78 is 50.8. The Bertz CT molecular complexity index is 486. The number of hydrogen-bond acceptors (Lipinski definition) is 2. The first-order valence-electron chi connectivity index (χ1n) is 5.99. The van der Waals surface area contributed by atoms with Crippen LogP contribution in [0.5, 0.6) is 0 Å². The lowest BCUT2D eigenvalue weighted by molar-refractivity contribution is -0.150. The standard InChI is InChI=1S/C13H16F4N2S/c1-8(2)19(7-13(15,16)17)6-9-3-4-10(14)5-11(9)12(18)20/h3-5,8H,6-7H2,1-2H3,(H2,18,20). The Morgan fingerprint density at radius 1 is 1.35 bits per heavy atom. The second kappa shape index (κ2) is 6.49. The van der Waals surface area contributed by atoms with Gasteiger partial charge in [-0.25, -0.2) is 4.39 Å². The average molecular weight is 308 g/mol. The molecule has 1 rings (SSSR count). The Labute approximate surface area is 120 Å². The van der Waals surface area contributed by atoms with Crippen LogP contribution in [-0.4, -0.2) is 28.7 Å². The largest absolute Gasteiger partial charge is 0.401 e. The van der Waals surface area contributed by atoms with Crippen molar-refractivity contribution in [3.05, 3.63) is 35.1 Å². The molecule has 0 unspecified atom stereocenters. The third kappa shape index (κ3) is 5.05. The molecule has 20 heavy (non-hydrogen) atoms. The van der Waals surface area contributed by atoms with Crippen LogP contribution in [0.4, 0.5) is 17.6 Å². The molecule has 0 aromatic heterocycles. The summed E-state index contributed by atoms with van der Waals surface area (Å²) in [6.07, 6.45) is -4.30. The second-order valence-electron chi connectivity index (χ2n) is 4.78. The fourth-order valence-electron chi connectivity index (χ4n) is 1.79. The minimum atomic E-state index is -4.30. The second-order valence-corrected chi connectivity index (χ2v) is 5.22. The maximum Gasteiger partial charge on any atom is 0.401 e. The number of nitrogens with zero attached hydrogens (tertiary/aromatic N) is 1. The molecular weight excluding hydrogens is 292 g/mol. The van der Waals surface area contributed by atoms with Gasteiger partial charge in [0.25, 0.3) is 0 Å². The molecule has 1 aromatic rings. The van der Waals surface area contributed by atoms with E-state index >= 15 is 0 Å². The van der Waals surface area contributed by atoms with E-state index in [1.807, 2.05) is 0 Å². The van der Waals surface area contributed by atoms with Crippen LogP contribution in [0.3, 0.4) is 0 Å². The van der Waals surface area contributed by atoms with Crippen molar-refractivity contribution in [1.82, 2.24) is 4.90 Å². The molecule has 0 aliphatic heterocycles. The van der Waals surface area contributed by atoms with Gasteiger partial charge >= 0.3 is 6.18 Å². The maximum atomic E-state index is 13.2. The number of rotatable bonds is 5. The lowest BCUT2D eigenvalue weighted by Gasteiger charge is -2.28. The molecule has 112 valence electrons. The first kappa shape index (κ1) is 16.8. The van der Waals surface area contributed by atoms with Gasteiger partial charge in [-0.1, -0.05) is 18.3 Å². The van der Waals surface area contributed by atoms with Crippen molar-refractivity contribution < 1.29 is 17.6 Å². The fourth-order valence-corrected chi connectivity index (χ4v) is 1.98. The molecule has 0 spiro atoms. The normalized spacial score (nSPS) is 12.2. The summed E-state index contributed by atoms with van der Waals surface area (Å²) in [5, 5.41) is 0. The molecule has 0 aliphatic rings. The molecule has 2 N–H and O–H groups in total. The lowest BCUT2D eigenvalue weighted by Crippen LogP contribution is -2.39. The first-order chi connectivity index (χ1) is 9.10. The highest BCUT2D eigenvalue weighted by Gasteiger charge is 2.32. The minimum Gasteiger partial charge on any atom is -0.389 e. The van der Waals surface area contributed by atoms with Gasteiger partial charge in [0.05, 0.1) is 6.54 Å². The molecule has 0 amide bonds. The molecule has 1 aromatic carbocycles. The van der Waals surface area contributed by atoms with Crippen LogP contribution in [0.15, 0.2) is 18.2 Å². The van der Waals surface area contributed by atoms with Crippen LogP contribution >= 0.6 is 12.2 Å². The van der Waals surface area contributed by atoms with E-state index in [0.29, 0.717) is 5.56 Å². The molecule has 2 nitrogen and oxygen atoms in total. The predicted molar refractivity (Wildman–Crippen MR) is 73.9 cm³/mol. The summed E-state index contributed by atoms with van der Waals surface area (Å²) in [6, 6.07) is 3.42. The summed E-state index contributed by atoms with van der Waals surface area (Å²) in [4.78, 5) is 1.20. The van der Waals surface area contributed by atoms with E-state index in [0.717, 1.165) is 6.07 Å². The van der Waals surface area contributed by atoms with E-state index in [1.165, 1.54) is 17.0 Å². The van der Waals surface area contributed by atoms with Gasteiger partial charge in [-0.2, -0.15) is 13.2 Å². The number of halogens is 4. The first-order valence-corrected chi connectivity index (χ1v) is 6.40. The summed E-state index contributed by atoms with van der Waals surface area (Å²) in [6.45, 7) is 2.29. The van der Waals surface area contributed by atoms with Crippen molar-refractivity contribution in [2.24, 2.45) is 5.73 Å². The van der Waals surface area contributed by atoms with Gasteiger partial charge in [-0.15, -0.1) is 0 Å². The molecular formula is C13H16F4N2S. The summed E-state index contributed by atoms with van der Waals surface area (Å²) >= 11 is 4.81. The van der Waals surface area contributed by atoms with E-state index in [-0.39, 0.29) is 23.1 Å². The van der Waals surface area contributed by atoms with Gasteiger partial charge < -0.3 is 5.73 Å². The molecule has 0 radical (unpaired) electrons. The third-order valence-electron chi connectivity index (χ3n) is 2.82. The molecule has 0 atom stereocenters. The maximum absolute atomic E-state index is 13.2. The van der Waals surface area contributed by atoms with Gasteiger partial charge in [0.1, 0.15) is 10.8 Å². The molecule has 0 bridgehead atoms. The van der Waals surface area contributed by atoms with Crippen LogP contribution < -0.4 is 5.73 Å². The predicted octanol–water partition coefficient (Wildman–Crippen LogP) is 3.23. The summed E-state index contributed by atoms with van der Waals surface area (Å²) in [7, 11) is 0. The molecule has 0 saturated carbocycles. The molecule has 0 saturated heterocycles. The van der Waals surface area contributed by atoms with Gasteiger partial charge in [-0.3, -0.25) is 4.90 Å². The Morgan fingerprint density at radius 2 is 1.95 bits per heavy atom. The number of benzene rings is 1. The van der Waals surface area contributed by atoms with Crippen LogP contribution in [0.1, 0.15) is 25.0 Å². The van der Waals surface area contributed by atoms with Crippen LogP contribution in [-0.2, 0) is 6.54 Å². The number of nitrogens with two attached hydrogens (primary N) is 1. The quantitative estimate of drug-likeness (QED) is 0.669. The van der Waals surface area contributed by atoms with Crippen LogP contribution in [0.25, 0.3) is 0 Å². The number of alkyl halides is 3. The third-order valence-corrected chi connectivity index (χ3v) is 3.04. The number of hydrogen-bond donors (Lipinski definition) is 1. The zero-order chi connectivity index (χ0) is 15.5. The summed E-state index contributed by atoms with van der Waals surface area (Å²) in [5.41, 5.74) is 6.24. The molecule has 0 heterocycles. The topological polar surface area (TPSA) is 29.3 Å². The van der Waals surface area contributed by atoms with Gasteiger partial charge in [0, 0.05) is 18.2 Å². The van der Waals surface area contributed by atoms with Crippen molar-refractivity contribution >= 4 is 17.2 Å². The molecule has 7 heteroatoms. The minimum absolute atomic E-state index is 0.00410. The fraction of sp³-hybridized carbons (Fsp3) is 0.462. The van der Waals surface area contributed by atoms with Crippen molar-refractivity contribution in [2.45, 2.75) is 32.6 Å². The molecule has 0 fully saturated rings. The average Bonchev–Trinajstić information content (AvgIpc) is 2.28. The Hall–Kier alpha value is -1.21. The van der Waals surface area contributed by atoms with E-state index in [2.05, 4.69) is 0 Å². The summed E-state index contributed by atoms with van der Waals surface area (Å²) in [5.74, 6) is -0.525. The van der Waals surface area contributed by atoms with Gasteiger partial charge in [-0.05, 0) is 31.5 Å². The SMILES string of the molecule is CC(C)N(Cc1ccc(F)cc1C(N)=S)CC(F)(F)F. The Balaban J connectivity index is 3.02. The highest BCUT2D eigenvalue weighted by molar-refractivity contribution is 7.80. The monoisotopic (exact) mass is 308 g/mol. The lowest BCUT2D eigenvalue weighted by atomic mass is 10.1. The van der Waals surface area contributed by atoms with E-state index in [1.54, 1.807) is 13.8 Å². The van der Waals surface area contributed by atoms with Crippen molar-refractivity contribution in [3.8, 4) is 0 Å².